The highest BCUT2D eigenvalue weighted by molar-refractivity contribution is 5.65. The third kappa shape index (κ3) is 6.29. The molecule has 0 heterocycles. The molecule has 1 atom stereocenters. The van der Waals surface area contributed by atoms with Gasteiger partial charge in [-0.1, -0.05) is 0 Å². The lowest BCUT2D eigenvalue weighted by Gasteiger charge is -2.39. The van der Waals surface area contributed by atoms with Crippen LogP contribution in [0.25, 0.3) is 0 Å². The van der Waals surface area contributed by atoms with Crippen LogP contribution in [0, 0.1) is 0 Å². The molecule has 32 heavy (non-hydrogen) atoms. The Kier molecular flexibility index (Phi) is 9.69. The molecule has 0 aromatic carbocycles. The van der Waals surface area contributed by atoms with Crippen LogP contribution in [0.3, 0.4) is 0 Å². The van der Waals surface area contributed by atoms with Crippen molar-refractivity contribution in [3.63, 3.8) is 0 Å². The van der Waals surface area contributed by atoms with Gasteiger partial charge in [-0.15, -0.1) is 0 Å². The van der Waals surface area contributed by atoms with Crippen molar-refractivity contribution in [1.29, 1.82) is 0 Å². The quantitative estimate of drug-likeness (QED) is 0.144. The number of ether oxygens (including phenoxy) is 3. The second-order valence-corrected chi connectivity index (χ2v) is 6.26. The van der Waals surface area contributed by atoms with Crippen LogP contribution in [0.5, 0.6) is 0 Å². The third-order valence-electron chi connectivity index (χ3n) is 3.69. The maximum absolute atomic E-state index is 13.5. The first kappa shape index (κ1) is 30.5. The number of hydrogen-bond donors (Lipinski definition) is 0. The summed E-state index contributed by atoms with van der Waals surface area (Å²) in [5.41, 5.74) is 0. The first-order valence-corrected chi connectivity index (χ1v) is 8.38. The minimum absolute atomic E-state index is 0.322. The van der Waals surface area contributed by atoms with Crippen molar-refractivity contribution in [2.45, 2.75) is 68.8 Å². The van der Waals surface area contributed by atoms with Gasteiger partial charge >= 0.3 is 41.8 Å². The maximum Gasteiger partial charge on any atom is 0.460 e. The zero-order chi connectivity index (χ0) is 25.8. The van der Waals surface area contributed by atoms with Gasteiger partial charge < -0.3 is 14.2 Å². The van der Waals surface area contributed by atoms with E-state index in [2.05, 4.69) is 9.47 Å². The Morgan fingerprint density at radius 1 is 0.719 bits per heavy atom. The largest absolute Gasteiger partial charge is 0.460 e. The molecular weight excluding hydrogens is 491 g/mol. The number of alkyl halides is 13. The van der Waals surface area contributed by atoms with E-state index < -0.39 is 74.1 Å². The molecule has 0 aromatic rings. The Hall–Kier alpha value is -1.52. The summed E-state index contributed by atoms with van der Waals surface area (Å²) in [4.78, 5) is 10.6. The van der Waals surface area contributed by atoms with E-state index in [-0.39, 0.29) is 6.61 Å². The second-order valence-electron chi connectivity index (χ2n) is 6.26. The summed E-state index contributed by atoms with van der Waals surface area (Å²) in [5.74, 6) is -37.6. The molecule has 0 aliphatic heterocycles. The highest BCUT2D eigenvalue weighted by Gasteiger charge is 2.90. The molecule has 1 unspecified atom stereocenters. The third-order valence-corrected chi connectivity index (χ3v) is 3.69. The molecule has 0 aromatic heterocycles. The molecule has 0 fully saturated rings. The van der Waals surface area contributed by atoms with Gasteiger partial charge in [-0.3, -0.25) is 4.79 Å². The fraction of sp³-hybridized carbons (Fsp3) is 0.933. The molecule has 4 nitrogen and oxygen atoms in total. The molecule has 0 N–H and O–H groups in total. The minimum atomic E-state index is -7.91. The average molecular weight is 508 g/mol. The molecule has 17 heteroatoms. The molecule has 0 bridgehead atoms. The van der Waals surface area contributed by atoms with E-state index in [9.17, 15) is 61.9 Å². The number of hydrogen-bond acceptors (Lipinski definition) is 4. The monoisotopic (exact) mass is 508 g/mol. The Bertz CT molecular complexity index is 619. The van der Waals surface area contributed by atoms with Crippen LogP contribution in [-0.4, -0.2) is 67.9 Å². The van der Waals surface area contributed by atoms with Gasteiger partial charge in [0.2, 0.25) is 0 Å². The van der Waals surface area contributed by atoms with Crippen LogP contribution in [-0.2, 0) is 19.0 Å². The van der Waals surface area contributed by atoms with Crippen LogP contribution in [0.1, 0.15) is 26.7 Å². The van der Waals surface area contributed by atoms with E-state index in [1.807, 2.05) is 0 Å². The van der Waals surface area contributed by atoms with Crippen molar-refractivity contribution >= 4 is 5.97 Å². The summed E-state index contributed by atoms with van der Waals surface area (Å²) in [6.45, 7) is 0.730. The van der Waals surface area contributed by atoms with Crippen molar-refractivity contribution in [1.82, 2.24) is 0 Å². The molecule has 192 valence electrons. The van der Waals surface area contributed by atoms with Gasteiger partial charge in [0.25, 0.3) is 0 Å². The fourth-order valence-electron chi connectivity index (χ4n) is 2.00. The molecule has 0 saturated heterocycles. The van der Waals surface area contributed by atoms with Crippen molar-refractivity contribution in [3.05, 3.63) is 0 Å². The fourth-order valence-corrected chi connectivity index (χ4v) is 2.00. The van der Waals surface area contributed by atoms with Crippen LogP contribution < -0.4 is 0 Å². The molecule has 0 spiro atoms. The lowest BCUT2D eigenvalue weighted by Crippen LogP contribution is -2.70. The summed E-state index contributed by atoms with van der Waals surface area (Å²) in [6.07, 6.45) is -12.0. The van der Waals surface area contributed by atoms with Crippen LogP contribution in [0.4, 0.5) is 57.1 Å². The smallest absolute Gasteiger partial charge is 0.436 e. The van der Waals surface area contributed by atoms with Crippen molar-refractivity contribution in [2.75, 3.05) is 19.8 Å². The first-order chi connectivity index (χ1) is 14.1. The molecule has 0 saturated carbocycles. The van der Waals surface area contributed by atoms with Crippen LogP contribution in [0.2, 0.25) is 0 Å². The van der Waals surface area contributed by atoms with Crippen LogP contribution >= 0.6 is 0 Å². The van der Waals surface area contributed by atoms with E-state index in [0.717, 1.165) is 6.92 Å². The minimum Gasteiger partial charge on any atom is -0.436 e. The molecule has 0 aliphatic carbocycles. The number of rotatable bonds is 13. The van der Waals surface area contributed by atoms with Crippen molar-refractivity contribution in [2.24, 2.45) is 0 Å². The van der Waals surface area contributed by atoms with Gasteiger partial charge in [-0.2, -0.15) is 57.1 Å². The molecule has 0 radical (unpaired) electrons. The van der Waals surface area contributed by atoms with Gasteiger partial charge in [-0.05, 0) is 13.3 Å². The predicted octanol–water partition coefficient (Wildman–Crippen LogP) is 5.45. The highest BCUT2D eigenvalue weighted by atomic mass is 19.4. The van der Waals surface area contributed by atoms with Gasteiger partial charge in [0.15, 0.2) is 6.29 Å². The van der Waals surface area contributed by atoms with E-state index in [1.54, 1.807) is 0 Å². The lowest BCUT2D eigenvalue weighted by molar-refractivity contribution is -0.440. The zero-order valence-corrected chi connectivity index (χ0v) is 16.2. The Morgan fingerprint density at radius 2 is 1.19 bits per heavy atom. The van der Waals surface area contributed by atoms with Gasteiger partial charge in [0.1, 0.15) is 0 Å². The molecular formula is C15H17F13O4. The van der Waals surface area contributed by atoms with Gasteiger partial charge in [-0.25, -0.2) is 0 Å². The number of carbonyl (C=O) groups is 1. The van der Waals surface area contributed by atoms with Crippen molar-refractivity contribution < 1.29 is 76.1 Å². The van der Waals surface area contributed by atoms with E-state index >= 15 is 0 Å². The maximum atomic E-state index is 13.5. The second kappa shape index (κ2) is 10.2. The number of halogens is 13. The summed E-state index contributed by atoms with van der Waals surface area (Å²) in [6, 6.07) is 0. The molecule has 0 aliphatic rings. The zero-order valence-electron chi connectivity index (χ0n) is 16.2. The van der Waals surface area contributed by atoms with Gasteiger partial charge in [0.05, 0.1) is 13.2 Å². The van der Waals surface area contributed by atoms with Crippen LogP contribution in [0.15, 0.2) is 0 Å². The summed E-state index contributed by atoms with van der Waals surface area (Å²) >= 11 is 0. The topological polar surface area (TPSA) is 44.8 Å². The van der Waals surface area contributed by atoms with Gasteiger partial charge in [0, 0.05) is 20.0 Å². The summed E-state index contributed by atoms with van der Waals surface area (Å²) < 4.78 is 182. The Morgan fingerprint density at radius 3 is 1.62 bits per heavy atom. The molecule has 0 amide bonds. The van der Waals surface area contributed by atoms with E-state index in [1.165, 1.54) is 6.92 Å². The number of carbonyl (C=O) groups excluding carboxylic acids is 1. The first-order valence-electron chi connectivity index (χ1n) is 8.38. The molecule has 0 rings (SSSR count). The standard InChI is InChI=1S/C15H17F13O4/c1-8(29)32-9(2)31-7-6-30-5-3-4-10(16,17)11(18,19)12(20,21)13(22,23)14(24,25)15(26,27)28/h9H,3-7H2,1-2H3. The highest BCUT2D eigenvalue weighted by Crippen LogP contribution is 2.60. The van der Waals surface area contributed by atoms with E-state index in [4.69, 9.17) is 4.74 Å². The van der Waals surface area contributed by atoms with E-state index in [0.29, 0.717) is 0 Å². The summed E-state index contributed by atoms with van der Waals surface area (Å²) in [7, 11) is 0. The number of esters is 1. The Balaban J connectivity index is 5.02. The summed E-state index contributed by atoms with van der Waals surface area (Å²) in [5, 5.41) is 0. The lowest BCUT2D eigenvalue weighted by atomic mass is 9.92. The SMILES string of the molecule is CC(=O)OC(C)OCCOCCCC(F)(F)C(F)(F)C(F)(F)C(F)(F)C(F)(F)C(F)(F)F. The normalized spacial score (nSPS) is 15.6. The average Bonchev–Trinajstić information content (AvgIpc) is 2.58. The predicted molar refractivity (Wildman–Crippen MR) is 78.0 cm³/mol. The Labute approximate surface area is 172 Å². The van der Waals surface area contributed by atoms with Crippen molar-refractivity contribution in [3.8, 4) is 0 Å².